The Balaban J connectivity index is 0.000000115. The van der Waals surface area contributed by atoms with Crippen molar-refractivity contribution in [3.05, 3.63) is 321 Å². The van der Waals surface area contributed by atoms with E-state index in [0.29, 0.717) is 5.95 Å². The highest BCUT2D eigenvalue weighted by molar-refractivity contribution is 6.38. The van der Waals surface area contributed by atoms with Gasteiger partial charge in [-0.15, -0.1) is 0 Å². The largest absolute Gasteiger partial charge is 0.354 e. The number of rotatable bonds is 5. The maximum atomic E-state index is 5.95. The molecule has 9 heteroatoms. The van der Waals surface area contributed by atoms with Crippen molar-refractivity contribution in [1.29, 1.82) is 0 Å². The molecule has 0 aliphatic heterocycles. The Hall–Kier alpha value is -12.2. The predicted molar refractivity (Wildman–Crippen MR) is 389 cm³/mol. The molecule has 6 aromatic heterocycles. The first-order valence-corrected chi connectivity index (χ1v) is 31.6. The van der Waals surface area contributed by atoms with Crippen molar-refractivity contribution >= 4 is 142 Å². The van der Waals surface area contributed by atoms with Gasteiger partial charge >= 0.3 is 0 Å². The van der Waals surface area contributed by atoms with Crippen molar-refractivity contribution in [2.75, 3.05) is 0 Å². The molecule has 0 saturated carbocycles. The highest BCUT2D eigenvalue weighted by Gasteiger charge is 2.26. The average Bonchev–Trinajstić information content (AvgIpc) is 1.55. The van der Waals surface area contributed by atoms with Crippen molar-refractivity contribution in [2.24, 2.45) is 0 Å². The Kier molecular flexibility index (Phi) is 12.8. The number of hydrogen-bond donors (Lipinski definition) is 1. The van der Waals surface area contributed by atoms with E-state index in [1.807, 2.05) is 60.7 Å². The summed E-state index contributed by atoms with van der Waals surface area (Å²) in [4.78, 5) is 22.9. The number of benzene rings is 14. The predicted octanol–water partition coefficient (Wildman–Crippen LogP) is 22.2. The number of hydrogen-bond acceptors (Lipinski definition) is 4. The van der Waals surface area contributed by atoms with Gasteiger partial charge in [0, 0.05) is 103 Å². The standard InChI is InChI=1S/C42H26N4.C28H18N2.C14H9ClN2/c1-3-15-27(16-4-1)39-31-21-9-12-24-34(31)43-42(44-39)46-36-26-14-11-23-33(36)38-37-32-22-10-13-25-35(32)45(28-17-5-2-6-18-28)40(37)29-19-7-8-20-30(29)41(38)46;1-2-10-18(11-3-1)30-24-17-9-7-15-22(24)26-25-21-14-6-8-16-23(21)29-27(25)19-12-4-5-13-20(19)28(26)30;15-14-16-12-9-5-4-8-11(12)13(17-14)10-6-2-1-3-7-10/h1-26H;1-17,29H;1-9H. The van der Waals surface area contributed by atoms with Gasteiger partial charge in [-0.25, -0.2) is 19.9 Å². The number of halogens is 1. The summed E-state index contributed by atoms with van der Waals surface area (Å²) in [6.45, 7) is 0. The second kappa shape index (κ2) is 22.1. The fourth-order valence-corrected chi connectivity index (χ4v) is 14.6. The lowest BCUT2D eigenvalue weighted by atomic mass is 9.99. The van der Waals surface area contributed by atoms with Crippen LogP contribution >= 0.6 is 11.6 Å². The number of H-pyrrole nitrogens is 1. The van der Waals surface area contributed by atoms with Crippen LogP contribution in [0.1, 0.15) is 0 Å². The molecule has 0 aliphatic rings. The Morgan fingerprint density at radius 1 is 0.258 bits per heavy atom. The number of aromatic amines is 1. The molecule has 8 nitrogen and oxygen atoms in total. The lowest BCUT2D eigenvalue weighted by molar-refractivity contribution is 1.02. The van der Waals surface area contributed by atoms with Crippen LogP contribution in [0.5, 0.6) is 0 Å². The number of nitrogens with zero attached hydrogens (tertiary/aromatic N) is 7. The summed E-state index contributed by atoms with van der Waals surface area (Å²) < 4.78 is 7.15. The third kappa shape index (κ3) is 8.68. The summed E-state index contributed by atoms with van der Waals surface area (Å²) in [5.41, 5.74) is 17.6. The molecule has 0 saturated heterocycles. The Labute approximate surface area is 538 Å². The molecule has 1 N–H and O–H groups in total. The monoisotopic (exact) mass is 1210 g/mol. The molecule has 14 aromatic carbocycles. The molecule has 0 bridgehead atoms. The summed E-state index contributed by atoms with van der Waals surface area (Å²) >= 11 is 5.95. The van der Waals surface area contributed by atoms with Gasteiger partial charge in [-0.1, -0.05) is 255 Å². The molecule has 20 aromatic rings. The summed E-state index contributed by atoms with van der Waals surface area (Å²) in [5, 5.41) is 17.3. The first-order chi connectivity index (χ1) is 46.1. The molecule has 0 radical (unpaired) electrons. The van der Waals surface area contributed by atoms with Gasteiger partial charge in [0.05, 0.1) is 61.0 Å². The summed E-state index contributed by atoms with van der Waals surface area (Å²) in [7, 11) is 0. The van der Waals surface area contributed by atoms with Crippen molar-refractivity contribution in [3.63, 3.8) is 0 Å². The summed E-state index contributed by atoms with van der Waals surface area (Å²) in [6, 6.07) is 110. The second-order valence-corrected chi connectivity index (χ2v) is 23.7. The van der Waals surface area contributed by atoms with E-state index >= 15 is 0 Å². The van der Waals surface area contributed by atoms with Crippen molar-refractivity contribution in [2.45, 2.75) is 0 Å². The van der Waals surface area contributed by atoms with Gasteiger partial charge in [-0.05, 0) is 72.3 Å². The van der Waals surface area contributed by atoms with Gasteiger partial charge in [0.25, 0.3) is 0 Å². The van der Waals surface area contributed by atoms with Gasteiger partial charge in [0.15, 0.2) is 0 Å². The third-order valence-electron chi connectivity index (χ3n) is 18.2. The summed E-state index contributed by atoms with van der Waals surface area (Å²) in [5.74, 6) is 0.667. The van der Waals surface area contributed by atoms with Gasteiger partial charge < -0.3 is 14.1 Å². The van der Waals surface area contributed by atoms with E-state index in [2.05, 4.69) is 283 Å². The molecule has 0 spiro atoms. The molecule has 0 amide bonds. The first-order valence-electron chi connectivity index (χ1n) is 31.3. The SMILES string of the molecule is Clc1nc(-c2ccccc2)c2ccccc2n1.c1ccc(-c2nc(-n3c4ccccc4c4c5c6ccccc6n(-c6ccccc6)c5c5ccccc5c43)nc3ccccc23)cc1.c1ccc(-n2c3ccccc3c3c4c5ccccc5[nH]c4c4ccccc4c32)cc1. The van der Waals surface area contributed by atoms with Crippen LogP contribution in [0, 0.1) is 0 Å². The molecule has 20 rings (SSSR count). The minimum absolute atomic E-state index is 0.280. The number of aromatic nitrogens is 8. The molecule has 0 unspecified atom stereocenters. The normalized spacial score (nSPS) is 11.7. The maximum Gasteiger partial charge on any atom is 0.235 e. The second-order valence-electron chi connectivity index (χ2n) is 23.4. The average molecular weight is 1210 g/mol. The van der Waals surface area contributed by atoms with Crippen LogP contribution < -0.4 is 0 Å². The molecule has 93 heavy (non-hydrogen) atoms. The van der Waals surface area contributed by atoms with Gasteiger partial charge in [-0.2, -0.15) is 0 Å². The summed E-state index contributed by atoms with van der Waals surface area (Å²) in [6.07, 6.45) is 0. The molecular weight excluding hydrogens is 1160 g/mol. The van der Waals surface area contributed by atoms with Crippen molar-refractivity contribution < 1.29 is 0 Å². The van der Waals surface area contributed by atoms with Crippen LogP contribution in [-0.2, 0) is 0 Å². The third-order valence-corrected chi connectivity index (χ3v) is 18.4. The number of nitrogens with one attached hydrogen (secondary N) is 1. The number of para-hydroxylation sites is 8. The first kappa shape index (κ1) is 53.8. The van der Waals surface area contributed by atoms with E-state index in [9.17, 15) is 0 Å². The molecule has 0 aliphatic carbocycles. The minimum atomic E-state index is 0.280. The van der Waals surface area contributed by atoms with Crippen LogP contribution in [0.4, 0.5) is 0 Å². The fourth-order valence-electron chi connectivity index (χ4n) is 14.4. The van der Waals surface area contributed by atoms with E-state index in [4.69, 9.17) is 21.6 Å². The zero-order chi connectivity index (χ0) is 61.5. The lowest BCUT2D eigenvalue weighted by Gasteiger charge is -2.14. The molecule has 6 heterocycles. The highest BCUT2D eigenvalue weighted by Crippen LogP contribution is 2.48. The highest BCUT2D eigenvalue weighted by atomic mass is 35.5. The topological polar surface area (TPSA) is 82.1 Å². The molecule has 0 fully saturated rings. The van der Waals surface area contributed by atoms with Crippen molar-refractivity contribution in [1.82, 2.24) is 38.6 Å². The lowest BCUT2D eigenvalue weighted by Crippen LogP contribution is -2.04. The molecular formula is C84H53ClN8. The zero-order valence-electron chi connectivity index (χ0n) is 50.0. The Bertz CT molecular complexity index is 6310. The van der Waals surface area contributed by atoms with Gasteiger partial charge in [0.2, 0.25) is 11.2 Å². The van der Waals surface area contributed by atoms with Crippen LogP contribution in [0.3, 0.4) is 0 Å². The van der Waals surface area contributed by atoms with E-state index in [1.165, 1.54) is 103 Å². The minimum Gasteiger partial charge on any atom is -0.354 e. The van der Waals surface area contributed by atoms with Gasteiger partial charge in [-0.3, -0.25) is 4.57 Å². The van der Waals surface area contributed by atoms with Crippen LogP contribution in [0.2, 0.25) is 5.28 Å². The Morgan fingerprint density at radius 3 is 1.11 bits per heavy atom. The zero-order valence-corrected chi connectivity index (χ0v) is 50.8. The van der Waals surface area contributed by atoms with E-state index in [0.717, 1.165) is 61.0 Å². The van der Waals surface area contributed by atoms with Gasteiger partial charge in [0.1, 0.15) is 0 Å². The molecule has 0 atom stereocenters. The smallest absolute Gasteiger partial charge is 0.235 e. The van der Waals surface area contributed by atoms with E-state index in [-0.39, 0.29) is 5.28 Å². The van der Waals surface area contributed by atoms with Crippen LogP contribution in [-0.4, -0.2) is 38.6 Å². The van der Waals surface area contributed by atoms with E-state index < -0.39 is 0 Å². The van der Waals surface area contributed by atoms with E-state index in [1.54, 1.807) is 0 Å². The Morgan fingerprint density at radius 2 is 0.602 bits per heavy atom. The van der Waals surface area contributed by atoms with Crippen molar-refractivity contribution in [3.8, 4) is 39.8 Å². The molecule has 436 valence electrons. The quantitative estimate of drug-likeness (QED) is 0.174. The number of fused-ring (bicyclic) bond motifs is 22. The maximum absolute atomic E-state index is 5.95. The van der Waals surface area contributed by atoms with Crippen LogP contribution in [0.25, 0.3) is 170 Å². The fraction of sp³-hybridized carbons (Fsp3) is 0. The van der Waals surface area contributed by atoms with Crippen LogP contribution in [0.15, 0.2) is 315 Å².